The zero-order valence-electron chi connectivity index (χ0n) is 30.1. The van der Waals surface area contributed by atoms with Crippen molar-refractivity contribution in [2.75, 3.05) is 0 Å². The van der Waals surface area contributed by atoms with Crippen molar-refractivity contribution in [3.63, 3.8) is 0 Å². The van der Waals surface area contributed by atoms with Gasteiger partial charge in [-0.2, -0.15) is 0 Å². The Hall–Kier alpha value is -7.21. The molecular weight excluding hydrogens is 703 g/mol. The molecule has 11 rings (SSSR count). The predicted molar refractivity (Wildman–Crippen MR) is 233 cm³/mol. The van der Waals surface area contributed by atoms with E-state index < -0.39 is 0 Å². The molecule has 0 radical (unpaired) electrons. The van der Waals surface area contributed by atoms with Gasteiger partial charge >= 0.3 is 0 Å². The second-order valence-corrected chi connectivity index (χ2v) is 15.1. The second-order valence-electron chi connectivity index (χ2n) is 14.1. The highest BCUT2D eigenvalue weighted by Crippen LogP contribution is 2.38. The van der Waals surface area contributed by atoms with E-state index in [1.165, 1.54) is 31.3 Å². The fraction of sp³-hybridized carbons (Fsp3) is 0. The van der Waals surface area contributed by atoms with Crippen LogP contribution in [0.25, 0.3) is 109 Å². The monoisotopic (exact) mass is 733 g/mol. The van der Waals surface area contributed by atoms with E-state index in [0.717, 1.165) is 72.3 Å². The van der Waals surface area contributed by atoms with Crippen molar-refractivity contribution in [1.82, 2.24) is 15.0 Å². The molecule has 0 spiro atoms. The van der Waals surface area contributed by atoms with Crippen molar-refractivity contribution in [2.45, 2.75) is 0 Å². The van der Waals surface area contributed by atoms with Crippen LogP contribution < -0.4 is 0 Å². The van der Waals surface area contributed by atoms with E-state index in [1.54, 1.807) is 6.20 Å². The molecule has 0 unspecified atom stereocenters. The van der Waals surface area contributed by atoms with E-state index in [0.29, 0.717) is 5.82 Å². The summed E-state index contributed by atoms with van der Waals surface area (Å²) >= 11 is 1.85. The maximum absolute atomic E-state index is 6.09. The van der Waals surface area contributed by atoms with Crippen LogP contribution in [-0.4, -0.2) is 15.0 Å². The third kappa shape index (κ3) is 5.74. The van der Waals surface area contributed by atoms with Gasteiger partial charge < -0.3 is 4.42 Å². The van der Waals surface area contributed by atoms with E-state index in [1.807, 2.05) is 35.7 Å². The molecule has 0 aliphatic rings. The van der Waals surface area contributed by atoms with Gasteiger partial charge in [-0.15, -0.1) is 11.3 Å². The number of hydrogen-bond acceptors (Lipinski definition) is 5. The lowest BCUT2D eigenvalue weighted by Crippen LogP contribution is -1.96. The van der Waals surface area contributed by atoms with Gasteiger partial charge in [-0.25, -0.2) is 9.97 Å². The molecule has 4 aromatic heterocycles. The summed E-state index contributed by atoms with van der Waals surface area (Å²) in [6.45, 7) is 0. The number of fused-ring (bicyclic) bond motifs is 6. The Morgan fingerprint density at radius 2 is 0.946 bits per heavy atom. The number of benzene rings is 7. The largest absolute Gasteiger partial charge is 0.456 e. The topological polar surface area (TPSA) is 51.8 Å². The smallest absolute Gasteiger partial charge is 0.160 e. The molecule has 4 heterocycles. The summed E-state index contributed by atoms with van der Waals surface area (Å²) < 4.78 is 8.70. The van der Waals surface area contributed by atoms with E-state index in [2.05, 4.69) is 163 Å². The molecule has 0 amide bonds. The molecule has 0 aliphatic heterocycles. The van der Waals surface area contributed by atoms with Gasteiger partial charge in [0.15, 0.2) is 5.82 Å². The number of rotatable bonds is 6. The molecule has 5 heteroatoms. The lowest BCUT2D eigenvalue weighted by molar-refractivity contribution is 0.669. The highest BCUT2D eigenvalue weighted by atomic mass is 32.1. The van der Waals surface area contributed by atoms with Crippen molar-refractivity contribution >= 4 is 53.4 Å². The van der Waals surface area contributed by atoms with Crippen LogP contribution in [-0.2, 0) is 0 Å². The molecule has 4 nitrogen and oxygen atoms in total. The molecule has 56 heavy (non-hydrogen) atoms. The average molecular weight is 734 g/mol. The van der Waals surface area contributed by atoms with Crippen LogP contribution in [0.1, 0.15) is 0 Å². The first kappa shape index (κ1) is 32.2. The number of aromatic nitrogens is 3. The molecule has 0 atom stereocenters. The Morgan fingerprint density at radius 3 is 1.71 bits per heavy atom. The van der Waals surface area contributed by atoms with Gasteiger partial charge in [0.05, 0.1) is 11.4 Å². The van der Waals surface area contributed by atoms with Gasteiger partial charge in [-0.1, -0.05) is 127 Å². The molecule has 0 saturated heterocycles. The van der Waals surface area contributed by atoms with Crippen LogP contribution in [0.4, 0.5) is 0 Å². The molecule has 262 valence electrons. The number of furan rings is 1. The van der Waals surface area contributed by atoms with Crippen molar-refractivity contribution in [2.24, 2.45) is 0 Å². The van der Waals surface area contributed by atoms with E-state index in [-0.39, 0.29) is 0 Å². The van der Waals surface area contributed by atoms with E-state index >= 15 is 0 Å². The van der Waals surface area contributed by atoms with Crippen LogP contribution in [0.3, 0.4) is 0 Å². The summed E-state index contributed by atoms with van der Waals surface area (Å²) in [5.41, 5.74) is 13.3. The normalized spacial score (nSPS) is 11.6. The lowest BCUT2D eigenvalue weighted by atomic mass is 9.99. The van der Waals surface area contributed by atoms with Crippen molar-refractivity contribution in [3.05, 3.63) is 188 Å². The summed E-state index contributed by atoms with van der Waals surface area (Å²) in [7, 11) is 0. The van der Waals surface area contributed by atoms with Crippen LogP contribution in [0, 0.1) is 0 Å². The van der Waals surface area contributed by atoms with Crippen molar-refractivity contribution < 1.29 is 4.42 Å². The SMILES string of the molecule is c1cncc(-c2cccc(-c3nc(-c4ccc(-c5ccc6c(c5)sc5ccccc56)cc4)cc(-c4ccc(-c5ccc6oc7ccccc7c6c5)cc4)n3)c2)c1. The Balaban J connectivity index is 0.976. The van der Waals surface area contributed by atoms with E-state index in [4.69, 9.17) is 14.4 Å². The quantitative estimate of drug-likeness (QED) is 0.171. The van der Waals surface area contributed by atoms with Gasteiger partial charge in [0.1, 0.15) is 11.2 Å². The number of hydrogen-bond donors (Lipinski definition) is 0. The Morgan fingerprint density at radius 1 is 0.357 bits per heavy atom. The first-order chi connectivity index (χ1) is 27.7. The van der Waals surface area contributed by atoms with Gasteiger partial charge in [0, 0.05) is 65.6 Å². The third-order valence-electron chi connectivity index (χ3n) is 10.6. The number of thiophene rings is 1. The molecule has 0 fully saturated rings. The van der Waals surface area contributed by atoms with Gasteiger partial charge in [0.25, 0.3) is 0 Å². The average Bonchev–Trinajstić information content (AvgIpc) is 3.84. The number of para-hydroxylation sites is 1. The number of nitrogens with zero attached hydrogens (tertiary/aromatic N) is 3. The van der Waals surface area contributed by atoms with Crippen LogP contribution in [0.5, 0.6) is 0 Å². The van der Waals surface area contributed by atoms with Gasteiger partial charge in [-0.3, -0.25) is 4.98 Å². The Bertz CT molecular complexity index is 3240. The summed E-state index contributed by atoms with van der Waals surface area (Å²) in [4.78, 5) is 14.7. The van der Waals surface area contributed by atoms with E-state index in [9.17, 15) is 0 Å². The lowest BCUT2D eigenvalue weighted by Gasteiger charge is -2.12. The molecule has 0 aliphatic carbocycles. The first-order valence-corrected chi connectivity index (χ1v) is 19.5. The van der Waals surface area contributed by atoms with Crippen molar-refractivity contribution in [3.8, 4) is 67.3 Å². The highest BCUT2D eigenvalue weighted by Gasteiger charge is 2.14. The predicted octanol–water partition coefficient (Wildman–Crippen LogP) is 14.1. The summed E-state index contributed by atoms with van der Waals surface area (Å²) in [5, 5.41) is 4.86. The summed E-state index contributed by atoms with van der Waals surface area (Å²) in [6.07, 6.45) is 3.68. The maximum Gasteiger partial charge on any atom is 0.160 e. The second kappa shape index (κ2) is 13.3. The zero-order chi connectivity index (χ0) is 37.0. The minimum atomic E-state index is 0.670. The van der Waals surface area contributed by atoms with Gasteiger partial charge in [-0.05, 0) is 76.3 Å². The maximum atomic E-state index is 6.09. The first-order valence-electron chi connectivity index (χ1n) is 18.6. The molecule has 7 aromatic carbocycles. The minimum Gasteiger partial charge on any atom is -0.456 e. The Labute approximate surface area is 327 Å². The van der Waals surface area contributed by atoms with Gasteiger partial charge in [0.2, 0.25) is 0 Å². The molecular formula is C51H31N3OS. The molecule has 0 N–H and O–H groups in total. The molecule has 11 aromatic rings. The van der Waals surface area contributed by atoms with Crippen molar-refractivity contribution in [1.29, 1.82) is 0 Å². The molecule has 0 saturated carbocycles. The molecule has 0 bridgehead atoms. The standard InChI is InChI=1S/C51H31N3OS/c1-3-12-47-41(10-1)44-28-37(23-25-48(44)55-47)32-14-18-34(19-15-32)45-30-46(54-51(53-45)39-8-5-7-36(27-39)40-9-6-26-52-31-40)35-20-16-33(17-21-35)38-22-24-43-42-11-2-4-13-49(42)56-50(43)29-38/h1-31H. The summed E-state index contributed by atoms with van der Waals surface area (Å²) in [6, 6.07) is 61.9. The summed E-state index contributed by atoms with van der Waals surface area (Å²) in [5.74, 6) is 0.670. The van der Waals surface area contributed by atoms with Crippen LogP contribution in [0.15, 0.2) is 193 Å². The Kier molecular flexibility index (Phi) is 7.64. The fourth-order valence-electron chi connectivity index (χ4n) is 7.72. The fourth-order valence-corrected chi connectivity index (χ4v) is 8.87. The third-order valence-corrected chi connectivity index (χ3v) is 11.8. The highest BCUT2D eigenvalue weighted by molar-refractivity contribution is 7.25. The zero-order valence-corrected chi connectivity index (χ0v) is 30.9. The minimum absolute atomic E-state index is 0.670. The van der Waals surface area contributed by atoms with Crippen LogP contribution >= 0.6 is 11.3 Å². The number of pyridine rings is 1. The van der Waals surface area contributed by atoms with Crippen LogP contribution in [0.2, 0.25) is 0 Å².